The van der Waals surface area contributed by atoms with Crippen LogP contribution in [0.1, 0.15) is 10.4 Å². The van der Waals surface area contributed by atoms with Gasteiger partial charge in [-0.15, -0.1) is 0 Å². The Labute approximate surface area is 98.7 Å². The van der Waals surface area contributed by atoms with Crippen molar-refractivity contribution in [1.82, 2.24) is 4.37 Å². The van der Waals surface area contributed by atoms with Crippen LogP contribution in [0.5, 0.6) is 0 Å². The Bertz CT molecular complexity index is 492. The van der Waals surface area contributed by atoms with E-state index in [1.165, 1.54) is 0 Å². The first-order valence-electron chi connectivity index (χ1n) is 4.12. The summed E-state index contributed by atoms with van der Waals surface area (Å²) in [7, 11) is 0. The van der Waals surface area contributed by atoms with Crippen molar-refractivity contribution in [3.8, 4) is 11.3 Å². The minimum Gasteiger partial charge on any atom is -0.478 e. The number of carboxylic acid groups (broad SMARTS) is 1. The number of halogens is 1. The Morgan fingerprint density at radius 3 is 2.60 bits per heavy atom. The van der Waals surface area contributed by atoms with Crippen LogP contribution in [0.25, 0.3) is 11.3 Å². The van der Waals surface area contributed by atoms with E-state index in [1.54, 1.807) is 5.38 Å². The zero-order chi connectivity index (χ0) is 10.8. The summed E-state index contributed by atoms with van der Waals surface area (Å²) in [5.74, 6) is -0.943. The van der Waals surface area contributed by atoms with Gasteiger partial charge in [-0.2, -0.15) is 4.37 Å². The lowest BCUT2D eigenvalue weighted by atomic mass is 10.1. The summed E-state index contributed by atoms with van der Waals surface area (Å²) in [6.45, 7) is 0. The lowest BCUT2D eigenvalue weighted by Gasteiger charge is -1.98. The first kappa shape index (κ1) is 10.3. The number of carbonyl (C=O) groups is 1. The molecule has 0 atom stereocenters. The molecule has 0 aliphatic carbocycles. The second-order valence-corrected chi connectivity index (χ2v) is 4.43. The maximum Gasteiger partial charge on any atom is 0.338 e. The molecule has 2 aromatic rings. The highest BCUT2D eigenvalue weighted by Crippen LogP contribution is 2.25. The molecule has 0 unspecified atom stereocenters. The van der Waals surface area contributed by atoms with Gasteiger partial charge in [0, 0.05) is 15.4 Å². The predicted octanol–water partition coefficient (Wildman–Crippen LogP) is 3.27. The molecule has 0 bridgehead atoms. The van der Waals surface area contributed by atoms with Crippen molar-refractivity contribution < 1.29 is 9.90 Å². The van der Waals surface area contributed by atoms with E-state index in [1.807, 2.05) is 24.3 Å². The fourth-order valence-electron chi connectivity index (χ4n) is 1.20. The van der Waals surface area contributed by atoms with Crippen molar-refractivity contribution in [1.29, 1.82) is 0 Å². The van der Waals surface area contributed by atoms with E-state index in [9.17, 15) is 4.79 Å². The minimum absolute atomic E-state index is 0.252. The number of benzene rings is 1. The van der Waals surface area contributed by atoms with Crippen LogP contribution < -0.4 is 0 Å². The number of aromatic nitrogens is 1. The van der Waals surface area contributed by atoms with E-state index in [2.05, 4.69) is 20.3 Å². The standard InChI is InChI=1S/C10H6BrNO2S/c11-7-3-1-6(2-4-7)9-8(10(13)14)5-15-12-9/h1-5H,(H,13,14). The van der Waals surface area contributed by atoms with Gasteiger partial charge >= 0.3 is 5.97 Å². The molecule has 2 rings (SSSR count). The topological polar surface area (TPSA) is 50.2 Å². The third-order valence-corrected chi connectivity index (χ3v) is 3.08. The van der Waals surface area contributed by atoms with E-state index < -0.39 is 5.97 Å². The smallest absolute Gasteiger partial charge is 0.338 e. The highest BCUT2D eigenvalue weighted by molar-refractivity contribution is 9.10. The SMILES string of the molecule is O=C(O)c1csnc1-c1ccc(Br)cc1. The molecule has 0 saturated carbocycles. The normalized spacial score (nSPS) is 10.2. The Balaban J connectivity index is 2.49. The fraction of sp³-hybridized carbons (Fsp3) is 0. The zero-order valence-electron chi connectivity index (χ0n) is 7.48. The molecule has 0 saturated heterocycles. The van der Waals surface area contributed by atoms with Crippen molar-refractivity contribution in [2.75, 3.05) is 0 Å². The van der Waals surface area contributed by atoms with Crippen molar-refractivity contribution in [3.05, 3.63) is 39.7 Å². The van der Waals surface area contributed by atoms with Gasteiger partial charge in [-0.3, -0.25) is 0 Å². The zero-order valence-corrected chi connectivity index (χ0v) is 9.88. The lowest BCUT2D eigenvalue weighted by Crippen LogP contribution is -1.96. The number of carboxylic acids is 1. The van der Waals surface area contributed by atoms with Crippen LogP contribution in [0.15, 0.2) is 34.1 Å². The molecular weight excluding hydrogens is 278 g/mol. The average molecular weight is 284 g/mol. The molecule has 0 aliphatic rings. The van der Waals surface area contributed by atoms with Gasteiger partial charge in [-0.25, -0.2) is 4.79 Å². The summed E-state index contributed by atoms with van der Waals surface area (Å²) in [5.41, 5.74) is 1.60. The van der Waals surface area contributed by atoms with Crippen LogP contribution in [0.3, 0.4) is 0 Å². The molecule has 15 heavy (non-hydrogen) atoms. The average Bonchev–Trinajstić information content (AvgIpc) is 2.67. The Hall–Kier alpha value is -1.20. The number of hydrogen-bond acceptors (Lipinski definition) is 3. The third-order valence-electron chi connectivity index (χ3n) is 1.92. The molecule has 76 valence electrons. The Morgan fingerprint density at radius 2 is 2.00 bits per heavy atom. The van der Waals surface area contributed by atoms with Gasteiger partial charge in [0.25, 0.3) is 0 Å². The molecule has 0 radical (unpaired) electrons. The van der Waals surface area contributed by atoms with Gasteiger partial charge in [0.2, 0.25) is 0 Å². The van der Waals surface area contributed by atoms with E-state index in [0.29, 0.717) is 5.69 Å². The van der Waals surface area contributed by atoms with Gasteiger partial charge in [0.05, 0.1) is 11.3 Å². The molecule has 5 heteroatoms. The molecule has 1 N–H and O–H groups in total. The first-order valence-corrected chi connectivity index (χ1v) is 5.75. The summed E-state index contributed by atoms with van der Waals surface area (Å²) in [5, 5.41) is 10.5. The van der Waals surface area contributed by atoms with Crippen molar-refractivity contribution in [2.45, 2.75) is 0 Å². The van der Waals surface area contributed by atoms with E-state index in [4.69, 9.17) is 5.11 Å². The van der Waals surface area contributed by atoms with Gasteiger partial charge in [0.15, 0.2) is 0 Å². The van der Waals surface area contributed by atoms with Crippen LogP contribution in [0, 0.1) is 0 Å². The van der Waals surface area contributed by atoms with Gasteiger partial charge < -0.3 is 5.11 Å². The summed E-state index contributed by atoms with van der Waals surface area (Å²) in [6.07, 6.45) is 0. The summed E-state index contributed by atoms with van der Waals surface area (Å²) in [4.78, 5) is 10.9. The first-order chi connectivity index (χ1) is 7.18. The number of nitrogens with zero attached hydrogens (tertiary/aromatic N) is 1. The van der Waals surface area contributed by atoms with Gasteiger partial charge in [-0.05, 0) is 23.7 Å². The third kappa shape index (κ3) is 2.08. The molecular formula is C10H6BrNO2S. The Kier molecular flexibility index (Phi) is 2.83. The fourth-order valence-corrected chi connectivity index (χ4v) is 2.15. The number of rotatable bonds is 2. The van der Waals surface area contributed by atoms with Crippen molar-refractivity contribution >= 4 is 33.4 Å². The van der Waals surface area contributed by atoms with Gasteiger partial charge in [0.1, 0.15) is 0 Å². The van der Waals surface area contributed by atoms with Crippen LogP contribution in [0.2, 0.25) is 0 Å². The maximum atomic E-state index is 10.9. The van der Waals surface area contributed by atoms with Crippen LogP contribution in [-0.4, -0.2) is 15.4 Å². The van der Waals surface area contributed by atoms with Crippen molar-refractivity contribution in [3.63, 3.8) is 0 Å². The molecule has 1 aromatic carbocycles. The van der Waals surface area contributed by atoms with E-state index in [0.717, 1.165) is 21.6 Å². The second kappa shape index (κ2) is 4.12. The Morgan fingerprint density at radius 1 is 1.33 bits per heavy atom. The lowest BCUT2D eigenvalue weighted by molar-refractivity contribution is 0.0698. The molecule has 1 heterocycles. The van der Waals surface area contributed by atoms with Gasteiger partial charge in [-0.1, -0.05) is 28.1 Å². The minimum atomic E-state index is -0.943. The van der Waals surface area contributed by atoms with Crippen LogP contribution >= 0.6 is 27.5 Å². The molecule has 0 amide bonds. The highest BCUT2D eigenvalue weighted by atomic mass is 79.9. The quantitative estimate of drug-likeness (QED) is 0.920. The second-order valence-electron chi connectivity index (χ2n) is 2.89. The summed E-state index contributed by atoms with van der Waals surface area (Å²) < 4.78 is 5.04. The number of aromatic carboxylic acids is 1. The van der Waals surface area contributed by atoms with Crippen LogP contribution in [0.4, 0.5) is 0 Å². The molecule has 0 fully saturated rings. The molecule has 3 nitrogen and oxygen atoms in total. The maximum absolute atomic E-state index is 10.9. The monoisotopic (exact) mass is 283 g/mol. The number of hydrogen-bond donors (Lipinski definition) is 1. The van der Waals surface area contributed by atoms with E-state index in [-0.39, 0.29) is 5.56 Å². The molecule has 0 aliphatic heterocycles. The van der Waals surface area contributed by atoms with Crippen molar-refractivity contribution in [2.24, 2.45) is 0 Å². The summed E-state index contributed by atoms with van der Waals surface area (Å²) in [6, 6.07) is 7.40. The predicted molar refractivity (Wildman–Crippen MR) is 62.2 cm³/mol. The summed E-state index contributed by atoms with van der Waals surface area (Å²) >= 11 is 4.47. The molecule has 0 spiro atoms. The largest absolute Gasteiger partial charge is 0.478 e. The molecule has 1 aromatic heterocycles. The van der Waals surface area contributed by atoms with Crippen LogP contribution in [-0.2, 0) is 0 Å². The van der Waals surface area contributed by atoms with E-state index >= 15 is 0 Å². The highest BCUT2D eigenvalue weighted by Gasteiger charge is 2.14.